The van der Waals surface area contributed by atoms with Crippen LogP contribution in [0.5, 0.6) is 0 Å². The Hall–Kier alpha value is -2.71. The lowest BCUT2D eigenvalue weighted by atomic mass is 10.2. The first kappa shape index (κ1) is 18.6. The third kappa shape index (κ3) is 3.41. The van der Waals surface area contributed by atoms with Crippen LogP contribution in [0.25, 0.3) is 21.6 Å². The molecule has 0 unspecified atom stereocenters. The molecule has 0 aliphatic heterocycles. The Kier molecular flexibility index (Phi) is 5.15. The van der Waals surface area contributed by atoms with Gasteiger partial charge in [-0.3, -0.25) is 9.36 Å². The minimum absolute atomic E-state index is 0.0373. The van der Waals surface area contributed by atoms with E-state index >= 15 is 0 Å². The van der Waals surface area contributed by atoms with Crippen molar-refractivity contribution in [3.05, 3.63) is 69.7 Å². The SMILES string of the molecule is C=CCn1c(SCc2nc(-c3ccccc3)no2)nc2sc(C)c(C)c2c1=O. The van der Waals surface area contributed by atoms with Gasteiger partial charge in [0.1, 0.15) is 4.83 Å². The molecule has 0 saturated carbocycles. The molecule has 3 heterocycles. The average Bonchev–Trinajstić information content (AvgIpc) is 3.28. The van der Waals surface area contributed by atoms with Crippen molar-refractivity contribution >= 4 is 33.3 Å². The van der Waals surface area contributed by atoms with Crippen LogP contribution in [-0.2, 0) is 12.3 Å². The molecule has 0 spiro atoms. The molecule has 0 fully saturated rings. The first-order chi connectivity index (χ1) is 13.6. The number of benzene rings is 1. The van der Waals surface area contributed by atoms with Crippen molar-refractivity contribution in [2.24, 2.45) is 0 Å². The summed E-state index contributed by atoms with van der Waals surface area (Å²) in [6.07, 6.45) is 1.70. The van der Waals surface area contributed by atoms with Gasteiger partial charge >= 0.3 is 0 Å². The summed E-state index contributed by atoms with van der Waals surface area (Å²) >= 11 is 2.95. The van der Waals surface area contributed by atoms with E-state index in [0.29, 0.717) is 34.6 Å². The Morgan fingerprint density at radius 3 is 2.79 bits per heavy atom. The Labute approximate surface area is 169 Å². The second-order valence-corrected chi connectivity index (χ2v) is 8.37. The molecule has 0 bridgehead atoms. The lowest BCUT2D eigenvalue weighted by molar-refractivity contribution is 0.391. The zero-order valence-electron chi connectivity index (χ0n) is 15.5. The van der Waals surface area contributed by atoms with Crippen LogP contribution >= 0.6 is 23.1 Å². The second kappa shape index (κ2) is 7.73. The number of fused-ring (bicyclic) bond motifs is 1. The Morgan fingerprint density at radius 1 is 1.25 bits per heavy atom. The van der Waals surface area contributed by atoms with Crippen LogP contribution in [0.1, 0.15) is 16.3 Å². The molecule has 0 radical (unpaired) electrons. The smallest absolute Gasteiger partial charge is 0.263 e. The van der Waals surface area contributed by atoms with Crippen LogP contribution in [0, 0.1) is 13.8 Å². The molecule has 142 valence electrons. The van der Waals surface area contributed by atoms with E-state index < -0.39 is 0 Å². The number of hydrogen-bond donors (Lipinski definition) is 0. The normalized spacial score (nSPS) is 11.2. The molecule has 1 aromatic carbocycles. The van der Waals surface area contributed by atoms with E-state index in [0.717, 1.165) is 20.8 Å². The highest BCUT2D eigenvalue weighted by Gasteiger charge is 2.17. The van der Waals surface area contributed by atoms with Crippen LogP contribution in [0.3, 0.4) is 0 Å². The monoisotopic (exact) mass is 410 g/mol. The van der Waals surface area contributed by atoms with Gasteiger partial charge < -0.3 is 4.52 Å². The Bertz CT molecular complexity index is 1210. The van der Waals surface area contributed by atoms with Gasteiger partial charge in [-0.15, -0.1) is 17.9 Å². The largest absolute Gasteiger partial charge is 0.338 e. The van der Waals surface area contributed by atoms with Gasteiger partial charge in [0.25, 0.3) is 5.56 Å². The van der Waals surface area contributed by atoms with Gasteiger partial charge in [-0.2, -0.15) is 4.98 Å². The van der Waals surface area contributed by atoms with E-state index in [1.165, 1.54) is 11.8 Å². The van der Waals surface area contributed by atoms with Crippen molar-refractivity contribution in [2.75, 3.05) is 0 Å². The van der Waals surface area contributed by atoms with E-state index in [-0.39, 0.29) is 5.56 Å². The van der Waals surface area contributed by atoms with Gasteiger partial charge in [-0.25, -0.2) is 4.98 Å². The molecule has 3 aromatic heterocycles. The Morgan fingerprint density at radius 2 is 2.04 bits per heavy atom. The molecule has 0 atom stereocenters. The number of rotatable bonds is 6. The van der Waals surface area contributed by atoms with Gasteiger partial charge in [-0.05, 0) is 19.4 Å². The lowest BCUT2D eigenvalue weighted by Crippen LogP contribution is -2.22. The molecular formula is C20H18N4O2S2. The zero-order valence-corrected chi connectivity index (χ0v) is 17.1. The Balaban J connectivity index is 1.64. The molecule has 0 saturated heterocycles. The number of nitrogens with zero attached hydrogens (tertiary/aromatic N) is 4. The summed E-state index contributed by atoms with van der Waals surface area (Å²) in [6, 6.07) is 9.66. The average molecular weight is 411 g/mol. The van der Waals surface area contributed by atoms with Crippen LogP contribution in [-0.4, -0.2) is 19.7 Å². The minimum Gasteiger partial charge on any atom is -0.338 e. The molecule has 28 heavy (non-hydrogen) atoms. The van der Waals surface area contributed by atoms with Gasteiger partial charge in [0.2, 0.25) is 11.7 Å². The molecule has 6 nitrogen and oxygen atoms in total. The first-order valence-corrected chi connectivity index (χ1v) is 10.5. The van der Waals surface area contributed by atoms with Gasteiger partial charge in [-0.1, -0.05) is 53.3 Å². The van der Waals surface area contributed by atoms with Crippen molar-refractivity contribution in [3.63, 3.8) is 0 Å². The van der Waals surface area contributed by atoms with Crippen LogP contribution in [0.4, 0.5) is 0 Å². The summed E-state index contributed by atoms with van der Waals surface area (Å²) in [4.78, 5) is 24.0. The number of allylic oxidation sites excluding steroid dienone is 1. The zero-order chi connectivity index (χ0) is 19.7. The van der Waals surface area contributed by atoms with Crippen LogP contribution < -0.4 is 5.56 Å². The molecule has 0 aliphatic carbocycles. The highest BCUT2D eigenvalue weighted by Crippen LogP contribution is 2.29. The number of hydrogen-bond acceptors (Lipinski definition) is 7. The van der Waals surface area contributed by atoms with Crippen molar-refractivity contribution in [3.8, 4) is 11.4 Å². The standard InChI is InChI=1S/C20H18N4O2S2/c1-4-10-24-19(25)16-12(2)13(3)28-18(16)22-20(24)27-11-15-21-17(23-26-15)14-8-6-5-7-9-14/h4-9H,1,10-11H2,2-3H3. The highest BCUT2D eigenvalue weighted by atomic mass is 32.2. The third-order valence-corrected chi connectivity index (χ3v) is 6.45. The predicted octanol–water partition coefficient (Wildman–Crippen LogP) is 4.60. The summed E-state index contributed by atoms with van der Waals surface area (Å²) in [5, 5.41) is 5.35. The van der Waals surface area contributed by atoms with E-state index in [4.69, 9.17) is 9.51 Å². The summed E-state index contributed by atoms with van der Waals surface area (Å²) < 4.78 is 7.01. The second-order valence-electron chi connectivity index (χ2n) is 6.23. The maximum absolute atomic E-state index is 13.0. The summed E-state index contributed by atoms with van der Waals surface area (Å²) in [5.41, 5.74) is 1.86. The summed E-state index contributed by atoms with van der Waals surface area (Å²) in [6.45, 7) is 8.14. The van der Waals surface area contributed by atoms with Crippen molar-refractivity contribution in [2.45, 2.75) is 31.3 Å². The molecule has 0 amide bonds. The highest BCUT2D eigenvalue weighted by molar-refractivity contribution is 7.98. The van der Waals surface area contributed by atoms with E-state index in [1.54, 1.807) is 22.0 Å². The summed E-state index contributed by atoms with van der Waals surface area (Å²) in [5.74, 6) is 1.47. The molecular weight excluding hydrogens is 392 g/mol. The quantitative estimate of drug-likeness (QED) is 0.263. The minimum atomic E-state index is -0.0373. The number of thiophene rings is 1. The lowest BCUT2D eigenvalue weighted by Gasteiger charge is -2.09. The first-order valence-electron chi connectivity index (χ1n) is 8.70. The maximum Gasteiger partial charge on any atom is 0.263 e. The van der Waals surface area contributed by atoms with Crippen molar-refractivity contribution in [1.82, 2.24) is 19.7 Å². The van der Waals surface area contributed by atoms with E-state index in [1.807, 2.05) is 44.2 Å². The molecule has 4 aromatic rings. The fraction of sp³-hybridized carbons (Fsp3) is 0.200. The molecule has 4 rings (SSSR count). The van der Waals surface area contributed by atoms with Crippen molar-refractivity contribution < 1.29 is 4.52 Å². The molecule has 0 aliphatic rings. The van der Waals surface area contributed by atoms with Gasteiger partial charge in [0, 0.05) is 17.0 Å². The fourth-order valence-electron chi connectivity index (χ4n) is 2.85. The van der Waals surface area contributed by atoms with E-state index in [2.05, 4.69) is 16.7 Å². The number of aromatic nitrogens is 4. The molecule has 0 N–H and O–H groups in total. The van der Waals surface area contributed by atoms with Gasteiger partial charge in [0.05, 0.1) is 11.1 Å². The van der Waals surface area contributed by atoms with Crippen LogP contribution in [0.15, 0.2) is 57.5 Å². The van der Waals surface area contributed by atoms with Crippen LogP contribution in [0.2, 0.25) is 0 Å². The molecule has 8 heteroatoms. The number of thioether (sulfide) groups is 1. The predicted molar refractivity (Wildman–Crippen MR) is 113 cm³/mol. The number of aryl methyl sites for hydroxylation is 2. The third-order valence-electron chi connectivity index (χ3n) is 4.39. The summed E-state index contributed by atoms with van der Waals surface area (Å²) in [7, 11) is 0. The maximum atomic E-state index is 13.0. The van der Waals surface area contributed by atoms with Crippen molar-refractivity contribution in [1.29, 1.82) is 0 Å². The topological polar surface area (TPSA) is 73.8 Å². The van der Waals surface area contributed by atoms with Gasteiger partial charge in [0.15, 0.2) is 5.16 Å². The van der Waals surface area contributed by atoms with E-state index in [9.17, 15) is 4.79 Å². The fourth-order valence-corrected chi connectivity index (χ4v) is 4.77.